The first kappa shape index (κ1) is 12.8. The van der Waals surface area contributed by atoms with Gasteiger partial charge in [0.05, 0.1) is 12.1 Å². The van der Waals surface area contributed by atoms with E-state index >= 15 is 0 Å². The highest BCUT2D eigenvalue weighted by Crippen LogP contribution is 2.21. The van der Waals surface area contributed by atoms with E-state index in [-0.39, 0.29) is 11.9 Å². The fourth-order valence-electron chi connectivity index (χ4n) is 2.43. The lowest BCUT2D eigenvalue weighted by molar-refractivity contribution is -0.120. The molecule has 2 saturated carbocycles. The van der Waals surface area contributed by atoms with E-state index in [4.69, 9.17) is 10.5 Å². The predicted molar refractivity (Wildman–Crippen MR) is 66.6 cm³/mol. The van der Waals surface area contributed by atoms with Crippen LogP contribution in [0, 0.1) is 0 Å². The van der Waals surface area contributed by atoms with Crippen molar-refractivity contribution in [1.29, 1.82) is 0 Å². The van der Waals surface area contributed by atoms with Gasteiger partial charge in [-0.05, 0) is 32.1 Å². The summed E-state index contributed by atoms with van der Waals surface area (Å²) in [6, 6.07) is 0.313. The highest BCUT2D eigenvalue weighted by atomic mass is 16.5. The van der Waals surface area contributed by atoms with Gasteiger partial charge in [0, 0.05) is 12.6 Å². The van der Waals surface area contributed by atoms with E-state index < -0.39 is 0 Å². The van der Waals surface area contributed by atoms with E-state index in [1.54, 1.807) is 0 Å². The van der Waals surface area contributed by atoms with Crippen LogP contribution in [-0.4, -0.2) is 30.7 Å². The summed E-state index contributed by atoms with van der Waals surface area (Å²) < 4.78 is 5.82. The summed E-state index contributed by atoms with van der Waals surface area (Å²) in [5.74, 6) is -0.246. The summed E-state index contributed by atoms with van der Waals surface area (Å²) in [5.41, 5.74) is 5.38. The second-order valence-electron chi connectivity index (χ2n) is 5.32. The molecule has 2 rings (SSSR count). The van der Waals surface area contributed by atoms with Crippen molar-refractivity contribution in [2.75, 3.05) is 6.61 Å². The fraction of sp³-hybridized carbons (Fsp3) is 0.923. The summed E-state index contributed by atoms with van der Waals surface area (Å²) >= 11 is 0. The Morgan fingerprint density at radius 2 is 1.94 bits per heavy atom. The Morgan fingerprint density at radius 1 is 1.24 bits per heavy atom. The minimum absolute atomic E-state index is 0.203. The molecule has 0 aromatic carbocycles. The van der Waals surface area contributed by atoms with Gasteiger partial charge in [0.15, 0.2) is 0 Å². The van der Waals surface area contributed by atoms with Crippen LogP contribution in [0.15, 0.2) is 0 Å². The molecule has 0 spiro atoms. The topological polar surface area (TPSA) is 64.4 Å². The van der Waals surface area contributed by atoms with Crippen molar-refractivity contribution in [3.05, 3.63) is 0 Å². The summed E-state index contributed by atoms with van der Waals surface area (Å²) in [6.07, 6.45) is 9.73. The molecule has 2 aliphatic rings. The molecule has 2 fully saturated rings. The maximum atomic E-state index is 11.2. The molecule has 1 unspecified atom stereocenters. The molecule has 17 heavy (non-hydrogen) atoms. The van der Waals surface area contributed by atoms with E-state index in [1.165, 1.54) is 44.9 Å². The van der Waals surface area contributed by atoms with E-state index in [0.717, 1.165) is 0 Å². The molecule has 0 heterocycles. The summed E-state index contributed by atoms with van der Waals surface area (Å²) in [6.45, 7) is 0.651. The third-order valence-electron chi connectivity index (χ3n) is 3.67. The fourth-order valence-corrected chi connectivity index (χ4v) is 2.43. The van der Waals surface area contributed by atoms with Crippen molar-refractivity contribution in [3.8, 4) is 0 Å². The molecule has 98 valence electrons. The maximum Gasteiger partial charge on any atom is 0.234 e. The molecule has 0 aromatic rings. The van der Waals surface area contributed by atoms with Crippen molar-refractivity contribution < 1.29 is 9.53 Å². The number of carbonyl (C=O) groups is 1. The lowest BCUT2D eigenvalue weighted by Gasteiger charge is -2.23. The van der Waals surface area contributed by atoms with Crippen molar-refractivity contribution in [1.82, 2.24) is 5.32 Å². The Morgan fingerprint density at radius 3 is 2.53 bits per heavy atom. The number of amides is 1. The normalized spacial score (nSPS) is 23.5. The van der Waals surface area contributed by atoms with Gasteiger partial charge < -0.3 is 15.8 Å². The van der Waals surface area contributed by atoms with Crippen molar-refractivity contribution >= 4 is 5.91 Å². The van der Waals surface area contributed by atoms with Gasteiger partial charge in [-0.1, -0.05) is 19.3 Å². The third kappa shape index (κ3) is 4.64. The quantitative estimate of drug-likeness (QED) is 0.705. The smallest absolute Gasteiger partial charge is 0.234 e. The Balaban J connectivity index is 1.62. The zero-order valence-electron chi connectivity index (χ0n) is 10.5. The number of nitrogens with one attached hydrogen (secondary N) is 1. The van der Waals surface area contributed by atoms with Gasteiger partial charge in [0.1, 0.15) is 0 Å². The number of nitrogens with two attached hydrogens (primary N) is 1. The highest BCUT2D eigenvalue weighted by Gasteiger charge is 2.27. The van der Waals surface area contributed by atoms with Crippen LogP contribution in [0.25, 0.3) is 0 Å². The van der Waals surface area contributed by atoms with E-state index in [1.807, 2.05) is 0 Å². The van der Waals surface area contributed by atoms with Crippen LogP contribution in [0.5, 0.6) is 0 Å². The van der Waals surface area contributed by atoms with Crippen LogP contribution in [0.2, 0.25) is 0 Å². The van der Waals surface area contributed by atoms with Crippen LogP contribution in [-0.2, 0) is 9.53 Å². The highest BCUT2D eigenvalue weighted by molar-refractivity contribution is 5.79. The Bertz CT molecular complexity index is 248. The second-order valence-corrected chi connectivity index (χ2v) is 5.32. The number of rotatable bonds is 7. The molecule has 1 amide bonds. The molecule has 0 saturated heterocycles. The van der Waals surface area contributed by atoms with Crippen LogP contribution in [0.4, 0.5) is 0 Å². The molecular formula is C13H24N2O2. The molecule has 0 aromatic heterocycles. The van der Waals surface area contributed by atoms with Crippen molar-refractivity contribution in [2.45, 2.75) is 69.6 Å². The molecule has 4 heteroatoms. The summed E-state index contributed by atoms with van der Waals surface area (Å²) in [5, 5.41) is 3.27. The first-order valence-electron chi connectivity index (χ1n) is 6.92. The average Bonchev–Trinajstić information content (AvgIpc) is 3.13. The van der Waals surface area contributed by atoms with E-state index in [0.29, 0.717) is 25.2 Å². The van der Waals surface area contributed by atoms with Crippen LogP contribution < -0.4 is 11.1 Å². The minimum Gasteiger partial charge on any atom is -0.378 e. The largest absolute Gasteiger partial charge is 0.378 e. The zero-order chi connectivity index (χ0) is 12.1. The monoisotopic (exact) mass is 240 g/mol. The first-order valence-corrected chi connectivity index (χ1v) is 6.92. The molecule has 3 N–H and O–H groups in total. The first-order chi connectivity index (χ1) is 8.25. The standard InChI is InChI=1S/C13H24N2O2/c14-13(16)12(15-10-6-7-10)8-9-17-11-4-2-1-3-5-11/h10-12,15H,1-9H2,(H2,14,16). The maximum absolute atomic E-state index is 11.2. The van der Waals surface area contributed by atoms with E-state index in [9.17, 15) is 4.79 Å². The van der Waals surface area contributed by atoms with Gasteiger partial charge in [-0.15, -0.1) is 0 Å². The van der Waals surface area contributed by atoms with Crippen molar-refractivity contribution in [2.24, 2.45) is 5.73 Å². The van der Waals surface area contributed by atoms with E-state index in [2.05, 4.69) is 5.32 Å². The van der Waals surface area contributed by atoms with Crippen molar-refractivity contribution in [3.63, 3.8) is 0 Å². The molecule has 0 bridgehead atoms. The molecule has 4 nitrogen and oxygen atoms in total. The Kier molecular flexibility index (Phi) is 4.80. The summed E-state index contributed by atoms with van der Waals surface area (Å²) in [7, 11) is 0. The number of carbonyl (C=O) groups excluding carboxylic acids is 1. The SMILES string of the molecule is NC(=O)C(CCOC1CCCCC1)NC1CC1. The Labute approximate surface area is 103 Å². The van der Waals surface area contributed by atoms with Gasteiger partial charge in [-0.25, -0.2) is 0 Å². The van der Waals surface area contributed by atoms with Gasteiger partial charge in [0.25, 0.3) is 0 Å². The van der Waals surface area contributed by atoms with Crippen LogP contribution in [0.3, 0.4) is 0 Å². The molecule has 2 aliphatic carbocycles. The summed E-state index contributed by atoms with van der Waals surface area (Å²) in [4.78, 5) is 11.2. The van der Waals surface area contributed by atoms with Crippen LogP contribution in [0.1, 0.15) is 51.4 Å². The lowest BCUT2D eigenvalue weighted by Crippen LogP contribution is -2.43. The van der Waals surface area contributed by atoms with Gasteiger partial charge in [-0.2, -0.15) is 0 Å². The van der Waals surface area contributed by atoms with Gasteiger partial charge >= 0.3 is 0 Å². The average molecular weight is 240 g/mol. The lowest BCUT2D eigenvalue weighted by atomic mass is 9.98. The predicted octanol–water partition coefficient (Wildman–Crippen LogP) is 1.33. The number of hydrogen-bond acceptors (Lipinski definition) is 3. The second kappa shape index (κ2) is 6.36. The van der Waals surface area contributed by atoms with Gasteiger partial charge in [0.2, 0.25) is 5.91 Å². The molecule has 0 radical (unpaired) electrons. The Hall–Kier alpha value is -0.610. The number of primary amides is 1. The minimum atomic E-state index is -0.246. The molecule has 1 atom stereocenters. The number of ether oxygens (including phenoxy) is 1. The van der Waals surface area contributed by atoms with Gasteiger partial charge in [-0.3, -0.25) is 4.79 Å². The molecule has 0 aliphatic heterocycles. The third-order valence-corrected chi connectivity index (χ3v) is 3.67. The van der Waals surface area contributed by atoms with Crippen LogP contribution >= 0.6 is 0 Å². The molecular weight excluding hydrogens is 216 g/mol. The zero-order valence-corrected chi connectivity index (χ0v) is 10.5. The number of hydrogen-bond donors (Lipinski definition) is 2.